The van der Waals surface area contributed by atoms with Gasteiger partial charge in [-0.1, -0.05) is 37.3 Å². The molecule has 0 aliphatic carbocycles. The van der Waals surface area contributed by atoms with E-state index in [4.69, 9.17) is 0 Å². The van der Waals surface area contributed by atoms with Crippen LogP contribution in [0.3, 0.4) is 0 Å². The van der Waals surface area contributed by atoms with Crippen LogP contribution in [0.25, 0.3) is 10.8 Å². The Morgan fingerprint density at radius 1 is 1.29 bits per heavy atom. The van der Waals surface area contributed by atoms with Crippen molar-refractivity contribution >= 4 is 16.5 Å². The molecule has 1 unspecified atom stereocenters. The molecule has 17 heavy (non-hydrogen) atoms. The molecule has 2 N–H and O–H groups in total. The van der Waals surface area contributed by atoms with E-state index in [2.05, 4.69) is 42.6 Å². The highest BCUT2D eigenvalue weighted by atomic mass is 16.3. The number of nitrogens with one attached hydrogen (secondary N) is 1. The average molecular weight is 227 g/mol. The van der Waals surface area contributed by atoms with Gasteiger partial charge in [-0.2, -0.15) is 0 Å². The maximum absolute atomic E-state index is 9.73. The molecule has 0 saturated carbocycles. The Hall–Kier alpha value is -1.54. The van der Waals surface area contributed by atoms with Gasteiger partial charge in [-0.15, -0.1) is 0 Å². The Morgan fingerprint density at radius 2 is 2.06 bits per heavy atom. The van der Waals surface area contributed by atoms with Crippen LogP contribution in [0.2, 0.25) is 0 Å². The number of aliphatic hydroxyl groups is 1. The van der Waals surface area contributed by atoms with Crippen LogP contribution in [0.4, 0.5) is 5.69 Å². The molecule has 0 saturated heterocycles. The first-order chi connectivity index (χ1) is 8.29. The minimum atomic E-state index is -0.256. The highest BCUT2D eigenvalue weighted by Gasteiger charge is 2.19. The molecule has 88 valence electrons. The summed E-state index contributed by atoms with van der Waals surface area (Å²) >= 11 is 0. The van der Waals surface area contributed by atoms with Crippen LogP contribution in [-0.4, -0.2) is 17.8 Å². The largest absolute Gasteiger partial charge is 0.391 e. The van der Waals surface area contributed by atoms with Crippen molar-refractivity contribution in [1.82, 2.24) is 0 Å². The van der Waals surface area contributed by atoms with Crippen molar-refractivity contribution in [2.24, 2.45) is 0 Å². The third-order valence-corrected chi connectivity index (χ3v) is 3.56. The smallest absolute Gasteiger partial charge is 0.0753 e. The zero-order chi connectivity index (χ0) is 11.8. The SMILES string of the molecule is CCc1cc2c(c3ccccc13)NCC(O)C2. The summed E-state index contributed by atoms with van der Waals surface area (Å²) in [6.07, 6.45) is 1.54. The predicted molar refractivity (Wildman–Crippen MR) is 71.5 cm³/mol. The molecule has 0 fully saturated rings. The van der Waals surface area contributed by atoms with Crippen LogP contribution in [0.15, 0.2) is 30.3 Å². The van der Waals surface area contributed by atoms with Crippen molar-refractivity contribution in [1.29, 1.82) is 0 Å². The summed E-state index contributed by atoms with van der Waals surface area (Å²) in [6.45, 7) is 2.84. The van der Waals surface area contributed by atoms with E-state index in [1.165, 1.54) is 27.6 Å². The summed E-state index contributed by atoms with van der Waals surface area (Å²) in [7, 11) is 0. The minimum Gasteiger partial charge on any atom is -0.391 e. The van der Waals surface area contributed by atoms with Crippen molar-refractivity contribution in [2.45, 2.75) is 25.9 Å². The number of fused-ring (bicyclic) bond motifs is 3. The minimum absolute atomic E-state index is 0.256. The lowest BCUT2D eigenvalue weighted by Crippen LogP contribution is -2.27. The number of rotatable bonds is 1. The van der Waals surface area contributed by atoms with Gasteiger partial charge < -0.3 is 10.4 Å². The fourth-order valence-corrected chi connectivity index (χ4v) is 2.72. The van der Waals surface area contributed by atoms with Crippen LogP contribution in [0.1, 0.15) is 18.1 Å². The number of hydrogen-bond donors (Lipinski definition) is 2. The molecule has 2 heteroatoms. The van der Waals surface area contributed by atoms with Gasteiger partial charge in [0.25, 0.3) is 0 Å². The van der Waals surface area contributed by atoms with E-state index in [1.807, 2.05) is 0 Å². The summed E-state index contributed by atoms with van der Waals surface area (Å²) in [5.41, 5.74) is 3.83. The van der Waals surface area contributed by atoms with E-state index in [0.29, 0.717) is 6.54 Å². The number of β-amino-alcohol motifs (C(OH)–C–C–N with tert-alkyl or cyclic N) is 1. The fourth-order valence-electron chi connectivity index (χ4n) is 2.72. The van der Waals surface area contributed by atoms with Gasteiger partial charge in [0.1, 0.15) is 0 Å². The molecule has 0 amide bonds. The second kappa shape index (κ2) is 4.04. The summed E-state index contributed by atoms with van der Waals surface area (Å²) in [5, 5.41) is 15.7. The van der Waals surface area contributed by atoms with Crippen LogP contribution in [0, 0.1) is 0 Å². The summed E-state index contributed by atoms with van der Waals surface area (Å²) in [5.74, 6) is 0. The van der Waals surface area contributed by atoms with Gasteiger partial charge in [-0.3, -0.25) is 0 Å². The molecular formula is C15H17NO. The third-order valence-electron chi connectivity index (χ3n) is 3.56. The second-order valence-electron chi connectivity index (χ2n) is 4.71. The molecule has 2 nitrogen and oxygen atoms in total. The molecule has 2 aromatic carbocycles. The first-order valence-electron chi connectivity index (χ1n) is 6.25. The van der Waals surface area contributed by atoms with E-state index in [9.17, 15) is 5.11 Å². The molecule has 0 aromatic heterocycles. The Morgan fingerprint density at radius 3 is 2.82 bits per heavy atom. The van der Waals surface area contributed by atoms with Crippen molar-refractivity contribution in [3.63, 3.8) is 0 Å². The Balaban J connectivity index is 2.30. The van der Waals surface area contributed by atoms with Gasteiger partial charge in [-0.05, 0) is 22.9 Å². The van der Waals surface area contributed by atoms with Crippen molar-refractivity contribution < 1.29 is 5.11 Å². The van der Waals surface area contributed by atoms with Crippen molar-refractivity contribution in [3.8, 4) is 0 Å². The Kier molecular flexibility index (Phi) is 2.52. The normalized spacial score (nSPS) is 18.8. The number of aliphatic hydroxyl groups excluding tert-OH is 1. The van der Waals surface area contributed by atoms with Crippen LogP contribution in [-0.2, 0) is 12.8 Å². The molecule has 3 rings (SSSR count). The summed E-state index contributed by atoms with van der Waals surface area (Å²) in [6, 6.07) is 10.8. The van der Waals surface area contributed by atoms with Gasteiger partial charge in [0.15, 0.2) is 0 Å². The van der Waals surface area contributed by atoms with Gasteiger partial charge in [-0.25, -0.2) is 0 Å². The lowest BCUT2D eigenvalue weighted by atomic mass is 9.92. The second-order valence-corrected chi connectivity index (χ2v) is 4.71. The topological polar surface area (TPSA) is 32.3 Å². The van der Waals surface area contributed by atoms with Gasteiger partial charge in [0, 0.05) is 24.0 Å². The molecule has 0 spiro atoms. The molecule has 1 aliphatic heterocycles. The fraction of sp³-hybridized carbons (Fsp3) is 0.333. The zero-order valence-electron chi connectivity index (χ0n) is 10.0. The Labute approximate surface area is 101 Å². The molecule has 1 atom stereocenters. The molecule has 2 aromatic rings. The van der Waals surface area contributed by atoms with E-state index >= 15 is 0 Å². The maximum atomic E-state index is 9.73. The standard InChI is InChI=1S/C15H17NO/c1-2-10-7-11-8-12(17)9-16-15(11)14-6-4-3-5-13(10)14/h3-7,12,16-17H,2,8-9H2,1H3. The highest BCUT2D eigenvalue weighted by molar-refractivity contribution is 5.98. The zero-order valence-corrected chi connectivity index (χ0v) is 10.0. The maximum Gasteiger partial charge on any atom is 0.0753 e. The molecule has 1 heterocycles. The Bertz CT molecular complexity index is 562. The van der Waals surface area contributed by atoms with Gasteiger partial charge >= 0.3 is 0 Å². The lowest BCUT2D eigenvalue weighted by molar-refractivity contribution is 0.185. The number of anilines is 1. The van der Waals surface area contributed by atoms with Crippen LogP contribution in [0.5, 0.6) is 0 Å². The summed E-state index contributed by atoms with van der Waals surface area (Å²) < 4.78 is 0. The number of aryl methyl sites for hydroxylation is 1. The highest BCUT2D eigenvalue weighted by Crippen LogP contribution is 2.33. The van der Waals surface area contributed by atoms with Gasteiger partial charge in [0.05, 0.1) is 6.10 Å². The van der Waals surface area contributed by atoms with Crippen molar-refractivity contribution in [3.05, 3.63) is 41.5 Å². The number of hydrogen-bond acceptors (Lipinski definition) is 2. The number of benzene rings is 2. The third kappa shape index (κ3) is 1.69. The van der Waals surface area contributed by atoms with E-state index < -0.39 is 0 Å². The van der Waals surface area contributed by atoms with E-state index in [1.54, 1.807) is 0 Å². The van der Waals surface area contributed by atoms with Crippen molar-refractivity contribution in [2.75, 3.05) is 11.9 Å². The monoisotopic (exact) mass is 227 g/mol. The summed E-state index contributed by atoms with van der Waals surface area (Å²) in [4.78, 5) is 0. The van der Waals surface area contributed by atoms with E-state index in [0.717, 1.165) is 12.8 Å². The first-order valence-corrected chi connectivity index (χ1v) is 6.25. The van der Waals surface area contributed by atoms with Crippen LogP contribution >= 0.6 is 0 Å². The first kappa shape index (κ1) is 10.6. The van der Waals surface area contributed by atoms with E-state index in [-0.39, 0.29) is 6.10 Å². The molecule has 1 aliphatic rings. The quantitative estimate of drug-likeness (QED) is 0.785. The molecule has 0 radical (unpaired) electrons. The predicted octanol–water partition coefficient (Wildman–Crippen LogP) is 2.73. The van der Waals surface area contributed by atoms with Crippen LogP contribution < -0.4 is 5.32 Å². The molecular weight excluding hydrogens is 210 g/mol. The lowest BCUT2D eigenvalue weighted by Gasteiger charge is -2.25. The average Bonchev–Trinajstić information content (AvgIpc) is 2.37. The van der Waals surface area contributed by atoms with Gasteiger partial charge in [0.2, 0.25) is 0 Å². The molecule has 0 bridgehead atoms.